The molecule has 6 aromatic heterocycles. The smallest absolute Gasteiger partial charge is 0.410 e. The van der Waals surface area contributed by atoms with Crippen molar-refractivity contribution in [3.8, 4) is 28.7 Å². The fourth-order valence-corrected chi connectivity index (χ4v) is 19.9. The molecule has 3 amide bonds. The van der Waals surface area contributed by atoms with Crippen LogP contribution in [0.4, 0.5) is 14.4 Å². The van der Waals surface area contributed by atoms with Crippen LogP contribution in [0.2, 0.25) is 20.1 Å². The summed E-state index contributed by atoms with van der Waals surface area (Å²) < 4.78 is 49.4. The van der Waals surface area contributed by atoms with E-state index in [4.69, 9.17) is 96.5 Å². The van der Waals surface area contributed by atoms with Crippen molar-refractivity contribution in [3.63, 3.8) is 0 Å². The van der Waals surface area contributed by atoms with Crippen LogP contribution >= 0.6 is 70.4 Å². The maximum Gasteiger partial charge on any atom is 0.410 e. The number of halogens is 4. The van der Waals surface area contributed by atoms with Gasteiger partial charge in [0.15, 0.2) is 0 Å². The number of aromatic amines is 4. The summed E-state index contributed by atoms with van der Waals surface area (Å²) in [5.74, 6) is 5.13. The number of thioether (sulfide) groups is 1. The number of ether oxygens (including phenoxy) is 8. The highest BCUT2D eigenvalue weighted by Gasteiger charge is 2.40. The lowest BCUT2D eigenvalue weighted by Gasteiger charge is -2.37. The Morgan fingerprint density at radius 3 is 1.13 bits per heavy atom. The van der Waals surface area contributed by atoms with E-state index in [9.17, 15) is 14.4 Å². The molecule has 19 rings (SSSR count). The number of methoxy groups -OCH3 is 3. The third-order valence-corrected chi connectivity index (χ3v) is 26.9. The first-order chi connectivity index (χ1) is 64.8. The fraction of sp³-hybridized carbons (Fsp3) is 0.308. The predicted octanol–water partition coefficient (Wildman–Crippen LogP) is 24.5. The van der Waals surface area contributed by atoms with Crippen molar-refractivity contribution in [2.75, 3.05) is 80.5 Å². The van der Waals surface area contributed by atoms with Crippen LogP contribution in [0.3, 0.4) is 0 Å². The van der Waals surface area contributed by atoms with Gasteiger partial charge in [0.05, 0.1) is 73.1 Å². The standard InChI is InChI=1S/C29H33ClN4O3.C27H29ClN4O3.C26H22Cl2N2OS2.C22H24N2O4/c1-20(2)18-37-29(35)34-14-11-24-25-17-22(30)7-10-26(25)32-27(24)28(34)21-5-8-23(9-6-21)36-16-4-3-13-33-15-12-31-19-33;1-2-34-27(33)32-14-11-22-23-17-20(28)7-10-24(23)30-25(22)26(32)19-5-8-21(9-6-19)35-16-4-3-13-31-15-12-29-18-31;1-31-20-8-5-17(6-9-20)25-24-21(22-14-19(28)7-10-23(22)29-24)11-12-30(25)26(32)33-15-16-3-2-4-18(27)13-16;1-4-28-22(25)24-12-11-17-18-13-16(27-3)9-10-19(18)23-20(17)21(24)14-5-7-15(26-2)8-6-14/h5-10,12,15,17,19-20,28,32H,3-4,11,13-14,16,18H2,1-2H3;5-10,12,15,17-18,26,30H,2-4,11,13-14,16H2,1H3;2-10,13-14,25,29H,11-12,15H2,1H3;5-10,13,21,23H,4,11-12H2,1-3H3. The first-order valence-electron chi connectivity index (χ1n) is 45.0. The van der Waals surface area contributed by atoms with Gasteiger partial charge >= 0.3 is 18.3 Å². The Morgan fingerprint density at radius 1 is 0.421 bits per heavy atom. The number of aryl methyl sites for hydroxylation is 2. The molecular weight excluding hydrogens is 1800 g/mol. The lowest BCUT2D eigenvalue weighted by atomic mass is 9.92. The molecule has 4 atom stereocenters. The van der Waals surface area contributed by atoms with Crippen molar-refractivity contribution in [1.82, 2.24) is 58.6 Å². The van der Waals surface area contributed by atoms with E-state index in [0.717, 1.165) is 197 Å². The number of hydrogen-bond donors (Lipinski definition) is 4. The van der Waals surface area contributed by atoms with E-state index in [-0.39, 0.29) is 48.4 Å². The zero-order valence-corrected chi connectivity index (χ0v) is 80.0. The zero-order valence-electron chi connectivity index (χ0n) is 75.4. The SMILES string of the molecule is CC(C)COC(=O)N1CCc2c([nH]c3ccc(Cl)cc23)C1c1ccc(OCCCCn2ccnc2)cc1.CCOC(=O)N1CCc2c([nH]c3ccc(Cl)cc23)C1c1ccc(OCCCCn2ccnc2)cc1.CCOC(=O)N1CCc2c([nH]c3ccc(OC)cc23)C1c1ccc(OC)cc1.COc1ccc(C2c3[nH]c4ccc(Cl)cc4c3CCN2C(=S)SCc2cccc(Cl)c2)cc1. The number of benzene rings is 9. The molecule has 4 unspecified atom stereocenters. The van der Waals surface area contributed by atoms with Crippen LogP contribution in [-0.4, -0.2) is 162 Å². The molecule has 9 aromatic carbocycles. The molecule has 4 aliphatic heterocycles. The van der Waals surface area contributed by atoms with Crippen LogP contribution < -0.4 is 23.7 Å². The second-order valence-electron chi connectivity index (χ2n) is 33.4. The third kappa shape index (κ3) is 22.2. The Bertz CT molecular complexity index is 6490. The molecule has 690 valence electrons. The van der Waals surface area contributed by atoms with Gasteiger partial charge in [0.2, 0.25) is 0 Å². The summed E-state index contributed by atoms with van der Waals surface area (Å²) in [6.07, 6.45) is 17.4. The minimum Gasteiger partial charge on any atom is -0.497 e. The Balaban J connectivity index is 0.000000130. The van der Waals surface area contributed by atoms with Crippen LogP contribution in [-0.2, 0) is 58.7 Å². The number of amides is 3. The van der Waals surface area contributed by atoms with E-state index in [2.05, 4.69) is 80.3 Å². The van der Waals surface area contributed by atoms with Crippen LogP contribution in [0.5, 0.6) is 28.7 Å². The summed E-state index contributed by atoms with van der Waals surface area (Å²) in [4.78, 5) is 68.9. The number of carbonyl (C=O) groups is 3. The minimum absolute atomic E-state index is 0.00908. The highest BCUT2D eigenvalue weighted by Crippen LogP contribution is 2.46. The number of unbranched alkanes of at least 4 members (excludes halogenated alkanes) is 2. The van der Waals surface area contributed by atoms with Crippen molar-refractivity contribution < 1.29 is 52.3 Å². The monoisotopic (exact) mass is 1900 g/mol. The molecule has 0 saturated carbocycles. The number of imidazole rings is 2. The molecule has 23 nitrogen and oxygen atoms in total. The van der Waals surface area contributed by atoms with Gasteiger partial charge in [0, 0.05) is 156 Å². The summed E-state index contributed by atoms with van der Waals surface area (Å²) in [6.45, 7) is 14.6. The summed E-state index contributed by atoms with van der Waals surface area (Å²) in [5, 5.41) is 7.45. The average molecular weight is 1910 g/mol. The van der Waals surface area contributed by atoms with Gasteiger partial charge in [-0.3, -0.25) is 14.7 Å². The number of nitrogens with one attached hydrogen (secondary N) is 4. The molecule has 29 heteroatoms. The van der Waals surface area contributed by atoms with Gasteiger partial charge in [-0.2, -0.15) is 0 Å². The van der Waals surface area contributed by atoms with Gasteiger partial charge in [-0.15, -0.1) is 0 Å². The molecule has 0 saturated heterocycles. The van der Waals surface area contributed by atoms with Crippen molar-refractivity contribution >= 4 is 137 Å². The van der Waals surface area contributed by atoms with Gasteiger partial charge in [-0.1, -0.05) is 145 Å². The molecule has 15 aromatic rings. The molecule has 0 radical (unpaired) electrons. The predicted molar refractivity (Wildman–Crippen MR) is 532 cm³/mol. The fourth-order valence-electron chi connectivity index (χ4n) is 18.0. The van der Waals surface area contributed by atoms with Gasteiger partial charge in [-0.05, 0) is 255 Å². The Kier molecular flexibility index (Phi) is 31.2. The summed E-state index contributed by atoms with van der Waals surface area (Å²) in [7, 11) is 5.00. The first kappa shape index (κ1) is 94.0. The van der Waals surface area contributed by atoms with Crippen LogP contribution in [0.15, 0.2) is 232 Å². The van der Waals surface area contributed by atoms with E-state index in [1.165, 1.54) is 38.9 Å². The topological polar surface area (TPSA) is 237 Å². The van der Waals surface area contributed by atoms with E-state index in [0.29, 0.717) is 62.7 Å². The third-order valence-electron chi connectivity index (χ3n) is 24.4. The minimum atomic E-state index is -0.307. The van der Waals surface area contributed by atoms with Gasteiger partial charge in [-0.25, -0.2) is 24.4 Å². The number of rotatable bonds is 25. The Labute approximate surface area is 803 Å². The Morgan fingerprint density at radius 2 is 0.767 bits per heavy atom. The van der Waals surface area contributed by atoms with E-state index in [1.807, 2.05) is 215 Å². The quantitative estimate of drug-likeness (QED) is 0.0236. The van der Waals surface area contributed by atoms with Crippen LogP contribution in [0, 0.1) is 5.92 Å². The molecule has 0 spiro atoms. The number of H-pyrrole nitrogens is 4. The number of aromatic nitrogens is 8. The second kappa shape index (κ2) is 44.1. The number of hydrogen-bond acceptors (Lipinski definition) is 15. The van der Waals surface area contributed by atoms with Crippen molar-refractivity contribution in [3.05, 3.63) is 325 Å². The largest absolute Gasteiger partial charge is 0.497 e. The normalized spacial score (nSPS) is 15.5. The number of fused-ring (bicyclic) bond motifs is 12. The molecule has 10 heterocycles. The van der Waals surface area contributed by atoms with E-state index < -0.39 is 0 Å². The maximum atomic E-state index is 13.2. The molecule has 4 N–H and O–H groups in total. The van der Waals surface area contributed by atoms with E-state index >= 15 is 0 Å². The maximum absolute atomic E-state index is 13.2. The summed E-state index contributed by atoms with van der Waals surface area (Å²) in [6, 6.07) is 63.1. The molecule has 0 bridgehead atoms. The number of nitrogens with zero attached hydrogens (tertiary/aromatic N) is 8. The average Bonchev–Trinajstić information content (AvgIpc) is 1.65. The van der Waals surface area contributed by atoms with Crippen molar-refractivity contribution in [2.45, 2.75) is 122 Å². The molecule has 0 aliphatic carbocycles. The van der Waals surface area contributed by atoms with Gasteiger partial charge in [0.25, 0.3) is 0 Å². The van der Waals surface area contributed by atoms with Gasteiger partial charge < -0.3 is 71.9 Å². The molecule has 4 aliphatic rings. The van der Waals surface area contributed by atoms with Gasteiger partial charge in [0.1, 0.15) is 51.2 Å². The second-order valence-corrected chi connectivity index (χ2v) is 36.7. The zero-order chi connectivity index (χ0) is 92.6. The van der Waals surface area contributed by atoms with Crippen molar-refractivity contribution in [2.24, 2.45) is 5.92 Å². The summed E-state index contributed by atoms with van der Waals surface area (Å²) in [5.41, 5.74) is 18.7. The highest BCUT2D eigenvalue weighted by molar-refractivity contribution is 8.22. The Hall–Kier alpha value is -12.2. The summed E-state index contributed by atoms with van der Waals surface area (Å²) >= 11 is 32.7. The number of carbonyl (C=O) groups excluding carboxylic acids is 3. The lowest BCUT2D eigenvalue weighted by molar-refractivity contribution is 0.0796. The highest BCUT2D eigenvalue weighted by atomic mass is 35.5. The molecular formula is C104H108Cl4N12O11S2. The van der Waals surface area contributed by atoms with Crippen LogP contribution in [0.25, 0.3) is 43.6 Å². The van der Waals surface area contributed by atoms with Crippen molar-refractivity contribution in [1.29, 1.82) is 0 Å². The van der Waals surface area contributed by atoms with E-state index in [1.54, 1.807) is 55.3 Å². The first-order valence-corrected chi connectivity index (χ1v) is 47.9. The number of thiocarbonyl (C=S) groups is 1. The lowest BCUT2D eigenvalue weighted by Crippen LogP contribution is -2.41. The molecule has 0 fully saturated rings. The molecule has 133 heavy (non-hydrogen) atoms. The van der Waals surface area contributed by atoms with Crippen LogP contribution in [0.1, 0.15) is 150 Å².